The summed E-state index contributed by atoms with van der Waals surface area (Å²) in [7, 11) is 0. The van der Waals surface area contributed by atoms with Crippen LogP contribution in [0.5, 0.6) is 5.75 Å². The number of pyridine rings is 2. The van der Waals surface area contributed by atoms with Crippen LogP contribution >= 0.6 is 0 Å². The molecule has 1 aliphatic heterocycles. The van der Waals surface area contributed by atoms with Crippen molar-refractivity contribution in [1.82, 2.24) is 14.9 Å². The van der Waals surface area contributed by atoms with E-state index in [1.54, 1.807) is 6.20 Å². The van der Waals surface area contributed by atoms with Crippen LogP contribution in [0, 0.1) is 6.92 Å². The van der Waals surface area contributed by atoms with Gasteiger partial charge < -0.3 is 9.84 Å². The van der Waals surface area contributed by atoms with Gasteiger partial charge in [0.2, 0.25) is 0 Å². The first kappa shape index (κ1) is 16.9. The maximum Gasteiger partial charge on any atom is 0.127 e. The highest BCUT2D eigenvalue weighted by atomic mass is 16.5. The lowest BCUT2D eigenvalue weighted by Crippen LogP contribution is -2.48. The molecule has 134 valence electrons. The molecule has 3 aromatic rings. The van der Waals surface area contributed by atoms with Crippen molar-refractivity contribution in [2.75, 3.05) is 13.1 Å². The molecule has 0 unspecified atom stereocenters. The second kappa shape index (κ2) is 7.40. The zero-order valence-electron chi connectivity index (χ0n) is 14.9. The minimum Gasteiger partial charge on any atom is -0.488 e. The number of likely N-dealkylation sites (tertiary alicyclic amines) is 1. The van der Waals surface area contributed by atoms with E-state index in [1.165, 1.54) is 11.1 Å². The molecule has 0 radical (unpaired) electrons. The number of hydrogen-bond acceptors (Lipinski definition) is 5. The van der Waals surface area contributed by atoms with Crippen LogP contribution in [0.1, 0.15) is 17.5 Å². The predicted octanol–water partition coefficient (Wildman–Crippen LogP) is 2.95. The molecule has 2 atom stereocenters. The fourth-order valence-electron chi connectivity index (χ4n) is 3.49. The third-order valence-corrected chi connectivity index (χ3v) is 5.03. The molecule has 1 N–H and O–H groups in total. The summed E-state index contributed by atoms with van der Waals surface area (Å²) in [5.74, 6) is 0.785. The molecule has 0 spiro atoms. The maximum atomic E-state index is 10.6. The summed E-state index contributed by atoms with van der Waals surface area (Å²) >= 11 is 0. The molecule has 0 bridgehead atoms. The number of benzene rings is 1. The van der Waals surface area contributed by atoms with Crippen molar-refractivity contribution in [3.63, 3.8) is 0 Å². The Labute approximate surface area is 153 Å². The Hall–Kier alpha value is -2.50. The molecule has 2 aromatic heterocycles. The van der Waals surface area contributed by atoms with E-state index in [0.717, 1.165) is 36.0 Å². The van der Waals surface area contributed by atoms with E-state index >= 15 is 0 Å². The van der Waals surface area contributed by atoms with Crippen molar-refractivity contribution in [3.05, 3.63) is 66.2 Å². The molecule has 3 heterocycles. The third kappa shape index (κ3) is 3.69. The smallest absolute Gasteiger partial charge is 0.127 e. The summed E-state index contributed by atoms with van der Waals surface area (Å²) in [4.78, 5) is 10.6. The van der Waals surface area contributed by atoms with Crippen molar-refractivity contribution in [1.29, 1.82) is 0 Å². The minimum atomic E-state index is -0.504. The van der Waals surface area contributed by atoms with Gasteiger partial charge >= 0.3 is 0 Å². The Balaban J connectivity index is 1.39. The number of rotatable bonds is 4. The van der Waals surface area contributed by atoms with Gasteiger partial charge in [-0.1, -0.05) is 6.07 Å². The quantitative estimate of drug-likeness (QED) is 0.785. The Morgan fingerprint density at radius 2 is 1.96 bits per heavy atom. The lowest BCUT2D eigenvalue weighted by atomic mass is 10.0. The van der Waals surface area contributed by atoms with E-state index in [1.807, 2.05) is 48.9 Å². The van der Waals surface area contributed by atoms with Crippen LogP contribution in [0.2, 0.25) is 0 Å². The molecule has 1 aliphatic rings. The van der Waals surface area contributed by atoms with Crippen LogP contribution in [-0.2, 0) is 6.54 Å². The van der Waals surface area contributed by atoms with Gasteiger partial charge in [-0.2, -0.15) is 0 Å². The van der Waals surface area contributed by atoms with Gasteiger partial charge in [-0.15, -0.1) is 0 Å². The zero-order chi connectivity index (χ0) is 17.9. The lowest BCUT2D eigenvalue weighted by molar-refractivity contribution is -0.0274. The molecule has 1 aromatic carbocycles. The Kier molecular flexibility index (Phi) is 4.82. The van der Waals surface area contributed by atoms with Crippen molar-refractivity contribution in [3.8, 4) is 5.75 Å². The number of piperidine rings is 1. The summed E-state index contributed by atoms with van der Waals surface area (Å²) in [5.41, 5.74) is 2.44. The maximum absolute atomic E-state index is 10.6. The molecule has 1 saturated heterocycles. The minimum absolute atomic E-state index is 0.182. The monoisotopic (exact) mass is 349 g/mol. The first-order valence-electron chi connectivity index (χ1n) is 8.99. The Morgan fingerprint density at radius 1 is 1.12 bits per heavy atom. The van der Waals surface area contributed by atoms with Crippen LogP contribution in [-0.4, -0.2) is 45.3 Å². The van der Waals surface area contributed by atoms with Crippen LogP contribution in [0.15, 0.2) is 55.1 Å². The predicted molar refractivity (Wildman–Crippen MR) is 101 cm³/mol. The van der Waals surface area contributed by atoms with Gasteiger partial charge in [-0.05, 0) is 54.1 Å². The van der Waals surface area contributed by atoms with Gasteiger partial charge in [0.05, 0.1) is 0 Å². The molecular weight excluding hydrogens is 326 g/mol. The number of aromatic nitrogens is 2. The third-order valence-electron chi connectivity index (χ3n) is 5.03. The van der Waals surface area contributed by atoms with Gasteiger partial charge in [0.1, 0.15) is 18.0 Å². The van der Waals surface area contributed by atoms with Crippen LogP contribution in [0.25, 0.3) is 10.8 Å². The first-order chi connectivity index (χ1) is 12.7. The normalized spacial score (nSPS) is 21.0. The standard InChI is InChI=1S/C21H23N3O2/c1-15-11-22-8-5-17(15)13-24-9-6-21(20(25)14-24)26-19-3-2-16-4-7-23-12-18(16)10-19/h2-5,7-8,10-12,20-21,25H,6,9,13-14H2,1H3/t20-,21-/m1/s1. The molecule has 26 heavy (non-hydrogen) atoms. The number of ether oxygens (including phenoxy) is 1. The van der Waals surface area contributed by atoms with Gasteiger partial charge in [0.25, 0.3) is 0 Å². The van der Waals surface area contributed by atoms with Crippen molar-refractivity contribution in [2.45, 2.75) is 32.1 Å². The highest BCUT2D eigenvalue weighted by Gasteiger charge is 2.29. The van der Waals surface area contributed by atoms with Gasteiger partial charge in [-0.3, -0.25) is 14.9 Å². The fourth-order valence-corrected chi connectivity index (χ4v) is 3.49. The molecular formula is C21H23N3O2. The largest absolute Gasteiger partial charge is 0.488 e. The number of fused-ring (bicyclic) bond motifs is 1. The zero-order valence-corrected chi connectivity index (χ0v) is 14.9. The Bertz CT molecular complexity index is 899. The van der Waals surface area contributed by atoms with E-state index in [-0.39, 0.29) is 6.10 Å². The Morgan fingerprint density at radius 3 is 2.81 bits per heavy atom. The van der Waals surface area contributed by atoms with Gasteiger partial charge in [0, 0.05) is 49.8 Å². The van der Waals surface area contributed by atoms with E-state index in [0.29, 0.717) is 6.54 Å². The topological polar surface area (TPSA) is 58.5 Å². The highest BCUT2D eigenvalue weighted by molar-refractivity contribution is 5.82. The van der Waals surface area contributed by atoms with Gasteiger partial charge in [-0.25, -0.2) is 0 Å². The van der Waals surface area contributed by atoms with Crippen molar-refractivity contribution < 1.29 is 9.84 Å². The average molecular weight is 349 g/mol. The molecule has 0 aliphatic carbocycles. The first-order valence-corrected chi connectivity index (χ1v) is 8.99. The SMILES string of the molecule is Cc1cnccc1CN1CC[C@@H](Oc2ccc3ccncc3c2)[C@H](O)C1. The second-order valence-corrected chi connectivity index (χ2v) is 6.93. The van der Waals surface area contributed by atoms with E-state index < -0.39 is 6.10 Å². The molecule has 1 fully saturated rings. The number of β-amino-alcohol motifs (C(OH)–C–C–N with tert-alkyl or cyclic N) is 1. The summed E-state index contributed by atoms with van der Waals surface area (Å²) < 4.78 is 6.08. The number of aryl methyl sites for hydroxylation is 1. The molecule has 5 nitrogen and oxygen atoms in total. The summed E-state index contributed by atoms with van der Waals surface area (Å²) in [6.07, 6.45) is 7.44. The molecule has 5 heteroatoms. The summed E-state index contributed by atoms with van der Waals surface area (Å²) in [6.45, 7) is 4.42. The van der Waals surface area contributed by atoms with Crippen LogP contribution < -0.4 is 4.74 Å². The molecule has 0 amide bonds. The highest BCUT2D eigenvalue weighted by Crippen LogP contribution is 2.24. The van der Waals surface area contributed by atoms with Crippen molar-refractivity contribution in [2.24, 2.45) is 0 Å². The lowest BCUT2D eigenvalue weighted by Gasteiger charge is -2.36. The molecule has 0 saturated carbocycles. The molecule has 4 rings (SSSR count). The summed E-state index contributed by atoms with van der Waals surface area (Å²) in [6, 6.07) is 10.0. The number of aliphatic hydroxyl groups excluding tert-OH is 1. The summed E-state index contributed by atoms with van der Waals surface area (Å²) in [5, 5.41) is 12.8. The second-order valence-electron chi connectivity index (χ2n) is 6.93. The average Bonchev–Trinajstić information content (AvgIpc) is 2.66. The van der Waals surface area contributed by atoms with Crippen molar-refractivity contribution >= 4 is 10.8 Å². The number of aliphatic hydroxyl groups is 1. The van der Waals surface area contributed by atoms with E-state index in [4.69, 9.17) is 4.74 Å². The van der Waals surface area contributed by atoms with E-state index in [2.05, 4.69) is 21.8 Å². The van der Waals surface area contributed by atoms with Crippen LogP contribution in [0.3, 0.4) is 0 Å². The number of nitrogens with zero attached hydrogens (tertiary/aromatic N) is 3. The fraction of sp³-hybridized carbons (Fsp3) is 0.333. The van der Waals surface area contributed by atoms with Crippen LogP contribution in [0.4, 0.5) is 0 Å². The number of hydrogen-bond donors (Lipinski definition) is 1. The van der Waals surface area contributed by atoms with E-state index in [9.17, 15) is 5.11 Å². The van der Waals surface area contributed by atoms with Gasteiger partial charge in [0.15, 0.2) is 0 Å².